The van der Waals surface area contributed by atoms with Crippen LogP contribution in [-0.2, 0) is 16.6 Å². The molecule has 0 aliphatic carbocycles. The monoisotopic (exact) mass is 276 g/mol. The summed E-state index contributed by atoms with van der Waals surface area (Å²) in [4.78, 5) is 10.7. The first-order valence-electron chi connectivity index (χ1n) is 5.51. The Morgan fingerprint density at radius 3 is 2.68 bits per heavy atom. The smallest absolute Gasteiger partial charge is 0.416 e. The summed E-state index contributed by atoms with van der Waals surface area (Å²) in [6.07, 6.45) is -5.06. The van der Waals surface area contributed by atoms with E-state index < -0.39 is 29.7 Å². The number of fused-ring (bicyclic) bond motifs is 1. The second-order valence-corrected chi connectivity index (χ2v) is 4.41. The van der Waals surface area contributed by atoms with Crippen molar-refractivity contribution in [3.63, 3.8) is 0 Å². The molecule has 1 aromatic carbocycles. The number of alkyl halides is 3. The molecule has 0 saturated heterocycles. The van der Waals surface area contributed by atoms with Crippen LogP contribution in [0.1, 0.15) is 24.0 Å². The minimum atomic E-state index is -4.51. The molecule has 1 heterocycles. The Bertz CT molecular complexity index is 512. The van der Waals surface area contributed by atoms with Crippen LogP contribution in [0.4, 0.5) is 13.2 Å². The van der Waals surface area contributed by atoms with E-state index in [9.17, 15) is 23.1 Å². The Balaban J connectivity index is 2.44. The summed E-state index contributed by atoms with van der Waals surface area (Å²) in [5, 5.41) is 19.0. The average molecular weight is 276 g/mol. The van der Waals surface area contributed by atoms with Crippen molar-refractivity contribution in [2.24, 2.45) is 0 Å². The van der Waals surface area contributed by atoms with Crippen molar-refractivity contribution in [3.8, 4) is 5.75 Å². The van der Waals surface area contributed by atoms with E-state index in [1.807, 2.05) is 0 Å². The molecule has 1 aliphatic heterocycles. The molecule has 2 N–H and O–H groups in total. The highest BCUT2D eigenvalue weighted by Crippen LogP contribution is 2.42. The predicted octanol–water partition coefficient (Wildman–Crippen LogP) is 2.15. The quantitative estimate of drug-likeness (QED) is 0.868. The van der Waals surface area contributed by atoms with Crippen molar-refractivity contribution in [1.82, 2.24) is 0 Å². The van der Waals surface area contributed by atoms with Crippen LogP contribution in [0.15, 0.2) is 18.2 Å². The minimum Gasteiger partial charge on any atom is -0.493 e. The molecule has 1 aromatic rings. The van der Waals surface area contributed by atoms with Gasteiger partial charge in [-0.15, -0.1) is 0 Å². The molecule has 19 heavy (non-hydrogen) atoms. The fraction of sp³-hybridized carbons (Fsp3) is 0.417. The molecule has 7 heteroatoms. The molecule has 0 radical (unpaired) electrons. The third-order valence-corrected chi connectivity index (χ3v) is 3.03. The van der Waals surface area contributed by atoms with Gasteiger partial charge in [0.1, 0.15) is 11.4 Å². The molecule has 1 aliphatic rings. The van der Waals surface area contributed by atoms with Gasteiger partial charge in [0.2, 0.25) is 0 Å². The van der Waals surface area contributed by atoms with Crippen LogP contribution < -0.4 is 4.74 Å². The minimum absolute atomic E-state index is 0.0255. The zero-order valence-electron chi connectivity index (χ0n) is 9.70. The van der Waals surface area contributed by atoms with E-state index in [0.717, 1.165) is 18.2 Å². The summed E-state index contributed by atoms with van der Waals surface area (Å²) >= 11 is 0. The van der Waals surface area contributed by atoms with E-state index >= 15 is 0 Å². The molecule has 1 atom stereocenters. The van der Waals surface area contributed by atoms with Crippen LogP contribution >= 0.6 is 0 Å². The molecule has 0 saturated carbocycles. The van der Waals surface area contributed by atoms with Gasteiger partial charge in [0.25, 0.3) is 0 Å². The number of hydrogen-bond donors (Lipinski definition) is 2. The maximum absolute atomic E-state index is 12.5. The number of aliphatic hydroxyl groups is 1. The number of carbonyl (C=O) groups is 1. The van der Waals surface area contributed by atoms with Crippen molar-refractivity contribution in [1.29, 1.82) is 0 Å². The van der Waals surface area contributed by atoms with Gasteiger partial charge in [-0.1, -0.05) is 6.07 Å². The average Bonchev–Trinajstić information content (AvgIpc) is 2.26. The van der Waals surface area contributed by atoms with Crippen LogP contribution in [0.2, 0.25) is 0 Å². The van der Waals surface area contributed by atoms with Gasteiger partial charge in [-0.3, -0.25) is 4.79 Å². The van der Waals surface area contributed by atoms with Crippen molar-refractivity contribution < 1.29 is 32.9 Å². The van der Waals surface area contributed by atoms with E-state index in [4.69, 9.17) is 9.84 Å². The number of rotatable bonds is 2. The van der Waals surface area contributed by atoms with E-state index in [2.05, 4.69) is 0 Å². The van der Waals surface area contributed by atoms with Gasteiger partial charge < -0.3 is 14.9 Å². The molecule has 1 unspecified atom stereocenters. The fourth-order valence-corrected chi connectivity index (χ4v) is 2.10. The first-order chi connectivity index (χ1) is 8.72. The molecule has 0 fully saturated rings. The highest BCUT2D eigenvalue weighted by Gasteiger charge is 2.40. The summed E-state index contributed by atoms with van der Waals surface area (Å²) in [7, 11) is 0. The second-order valence-electron chi connectivity index (χ2n) is 4.41. The number of halogens is 3. The van der Waals surface area contributed by atoms with Crippen molar-refractivity contribution in [2.75, 3.05) is 6.61 Å². The fourth-order valence-electron chi connectivity index (χ4n) is 2.10. The lowest BCUT2D eigenvalue weighted by atomic mass is 9.85. The lowest BCUT2D eigenvalue weighted by Crippen LogP contribution is -2.35. The summed E-state index contributed by atoms with van der Waals surface area (Å²) in [5.41, 5.74) is -2.51. The van der Waals surface area contributed by atoms with Gasteiger partial charge in [-0.05, 0) is 12.1 Å². The number of benzene rings is 1. The Hall–Kier alpha value is -1.76. The summed E-state index contributed by atoms with van der Waals surface area (Å²) in [6, 6.07) is 2.65. The van der Waals surface area contributed by atoms with Crippen LogP contribution in [0.25, 0.3) is 0 Å². The summed E-state index contributed by atoms with van der Waals surface area (Å²) in [6.45, 7) is -0.0297. The Labute approximate surface area is 106 Å². The largest absolute Gasteiger partial charge is 0.493 e. The molecule has 0 bridgehead atoms. The zero-order chi connectivity index (χ0) is 14.3. The second kappa shape index (κ2) is 4.41. The lowest BCUT2D eigenvalue weighted by Gasteiger charge is -2.33. The molecule has 2 rings (SSSR count). The Morgan fingerprint density at radius 1 is 1.42 bits per heavy atom. The zero-order valence-corrected chi connectivity index (χ0v) is 9.70. The molecule has 0 spiro atoms. The highest BCUT2D eigenvalue weighted by atomic mass is 19.4. The molecular weight excluding hydrogens is 265 g/mol. The number of carboxylic acids is 1. The van der Waals surface area contributed by atoms with Gasteiger partial charge in [-0.25, -0.2) is 0 Å². The van der Waals surface area contributed by atoms with Crippen LogP contribution in [0.3, 0.4) is 0 Å². The number of hydrogen-bond acceptors (Lipinski definition) is 3. The Kier molecular flexibility index (Phi) is 3.17. The molecular formula is C12H11F3O4. The third-order valence-electron chi connectivity index (χ3n) is 3.03. The number of ether oxygens (including phenoxy) is 1. The van der Waals surface area contributed by atoms with Crippen LogP contribution in [0, 0.1) is 0 Å². The number of aliphatic carboxylic acids is 1. The normalized spacial score (nSPS) is 22.5. The standard InChI is InChI=1S/C12H11F3O4/c13-12(14,15)7-1-2-8-9(5-7)19-4-3-11(8,18)6-10(16)17/h1-2,5,18H,3-4,6H2,(H,16,17). The van der Waals surface area contributed by atoms with Crippen LogP contribution in [-0.4, -0.2) is 22.8 Å². The first-order valence-corrected chi connectivity index (χ1v) is 5.51. The molecule has 0 amide bonds. The van der Waals surface area contributed by atoms with E-state index in [-0.39, 0.29) is 24.3 Å². The van der Waals surface area contributed by atoms with Crippen molar-refractivity contribution >= 4 is 5.97 Å². The maximum Gasteiger partial charge on any atom is 0.416 e. The molecule has 0 aromatic heterocycles. The maximum atomic E-state index is 12.5. The highest BCUT2D eigenvalue weighted by molar-refractivity contribution is 5.69. The van der Waals surface area contributed by atoms with E-state index in [1.54, 1.807) is 0 Å². The van der Waals surface area contributed by atoms with Gasteiger partial charge in [0, 0.05) is 12.0 Å². The van der Waals surface area contributed by atoms with Crippen molar-refractivity contribution in [2.45, 2.75) is 24.6 Å². The topological polar surface area (TPSA) is 66.8 Å². The van der Waals surface area contributed by atoms with Gasteiger partial charge in [0.05, 0.1) is 18.6 Å². The molecule has 4 nitrogen and oxygen atoms in total. The first kappa shape index (κ1) is 13.7. The van der Waals surface area contributed by atoms with Crippen LogP contribution in [0.5, 0.6) is 5.75 Å². The SMILES string of the molecule is O=C(O)CC1(O)CCOc2cc(C(F)(F)F)ccc21. The molecule has 104 valence electrons. The summed E-state index contributed by atoms with van der Waals surface area (Å²) in [5.74, 6) is -1.35. The Morgan fingerprint density at radius 2 is 2.11 bits per heavy atom. The van der Waals surface area contributed by atoms with E-state index in [1.165, 1.54) is 0 Å². The van der Waals surface area contributed by atoms with Gasteiger partial charge >= 0.3 is 12.1 Å². The van der Waals surface area contributed by atoms with E-state index in [0.29, 0.717) is 0 Å². The number of carboxylic acid groups (broad SMARTS) is 1. The predicted molar refractivity (Wildman–Crippen MR) is 57.7 cm³/mol. The summed E-state index contributed by atoms with van der Waals surface area (Å²) < 4.78 is 42.7. The third kappa shape index (κ3) is 2.65. The van der Waals surface area contributed by atoms with Crippen molar-refractivity contribution in [3.05, 3.63) is 29.3 Å². The van der Waals surface area contributed by atoms with Gasteiger partial charge in [0.15, 0.2) is 0 Å². The lowest BCUT2D eigenvalue weighted by molar-refractivity contribution is -0.144. The van der Waals surface area contributed by atoms with Gasteiger partial charge in [-0.2, -0.15) is 13.2 Å².